The number of rotatable bonds is 6. The normalized spacial score (nSPS) is 19.8. The number of fused-ring (bicyclic) bond motifs is 1. The van der Waals surface area contributed by atoms with Crippen LogP contribution in [0.15, 0.2) is 48.5 Å². The molecule has 0 aliphatic carbocycles. The predicted molar refractivity (Wildman–Crippen MR) is 93.3 cm³/mol. The molecule has 0 saturated carbocycles. The lowest BCUT2D eigenvalue weighted by Crippen LogP contribution is -2.41. The molecular weight excluding hydrogens is 362 g/mol. The molecule has 0 fully saturated rings. The third-order valence-electron chi connectivity index (χ3n) is 4.56. The van der Waals surface area contributed by atoms with Crippen LogP contribution in [0.5, 0.6) is 5.75 Å². The van der Waals surface area contributed by atoms with E-state index in [0.717, 1.165) is 17.2 Å². The molecule has 0 saturated heterocycles. The van der Waals surface area contributed by atoms with E-state index in [-0.39, 0.29) is 12.3 Å². The lowest BCUT2D eigenvalue weighted by molar-refractivity contribution is -0.140. The van der Waals surface area contributed by atoms with E-state index in [1.807, 2.05) is 24.3 Å². The van der Waals surface area contributed by atoms with Gasteiger partial charge in [0.2, 0.25) is 0 Å². The Hall–Kier alpha value is -2.12. The van der Waals surface area contributed by atoms with Gasteiger partial charge in [-0.3, -0.25) is 0 Å². The molecule has 7 heteroatoms. The largest absolute Gasteiger partial charge is 0.482 e. The van der Waals surface area contributed by atoms with E-state index in [2.05, 4.69) is 0 Å². The van der Waals surface area contributed by atoms with Crippen molar-refractivity contribution in [1.82, 2.24) is 4.90 Å². The lowest BCUT2D eigenvalue weighted by atomic mass is 9.95. The van der Waals surface area contributed by atoms with Crippen molar-refractivity contribution in [2.45, 2.75) is 25.0 Å². The van der Waals surface area contributed by atoms with Crippen LogP contribution in [0.2, 0.25) is 0 Å². The van der Waals surface area contributed by atoms with Crippen LogP contribution in [-0.4, -0.2) is 37.8 Å². The molecule has 146 valence electrons. The highest BCUT2D eigenvalue weighted by atomic mass is 19.4. The molecule has 2 aromatic carbocycles. The van der Waals surface area contributed by atoms with Crippen LogP contribution in [0.25, 0.3) is 0 Å². The van der Waals surface area contributed by atoms with Crippen LogP contribution >= 0.6 is 0 Å². The number of alkyl halides is 4. The molecule has 3 rings (SSSR count). The van der Waals surface area contributed by atoms with Crippen molar-refractivity contribution in [3.8, 4) is 5.75 Å². The maximum absolute atomic E-state index is 13.3. The van der Waals surface area contributed by atoms with Gasteiger partial charge in [0.25, 0.3) is 0 Å². The second kappa shape index (κ2) is 8.27. The Morgan fingerprint density at radius 2 is 1.81 bits per heavy atom. The summed E-state index contributed by atoms with van der Waals surface area (Å²) >= 11 is 0. The van der Waals surface area contributed by atoms with Gasteiger partial charge in [0.15, 0.2) is 6.10 Å². The summed E-state index contributed by atoms with van der Waals surface area (Å²) in [6, 6.07) is 12.5. The van der Waals surface area contributed by atoms with E-state index >= 15 is 0 Å². The molecule has 0 spiro atoms. The fourth-order valence-electron chi connectivity index (χ4n) is 3.20. The van der Waals surface area contributed by atoms with Gasteiger partial charge < -0.3 is 14.4 Å². The summed E-state index contributed by atoms with van der Waals surface area (Å²) in [6.07, 6.45) is -5.76. The van der Waals surface area contributed by atoms with E-state index in [0.29, 0.717) is 13.2 Å². The molecule has 0 amide bonds. The summed E-state index contributed by atoms with van der Waals surface area (Å²) in [5, 5.41) is 0. The molecule has 27 heavy (non-hydrogen) atoms. The Labute approximate surface area is 155 Å². The molecule has 1 aliphatic heterocycles. The molecule has 3 nitrogen and oxygen atoms in total. The lowest BCUT2D eigenvalue weighted by Gasteiger charge is -2.36. The second-order valence-corrected chi connectivity index (χ2v) is 6.53. The topological polar surface area (TPSA) is 21.7 Å². The molecular formula is C20H21F4NO2. The van der Waals surface area contributed by atoms with Crippen molar-refractivity contribution in [2.24, 2.45) is 0 Å². The fraction of sp³-hybridized carbons (Fsp3) is 0.400. The summed E-state index contributed by atoms with van der Waals surface area (Å²) in [4.78, 5) is 1.74. The van der Waals surface area contributed by atoms with Crippen LogP contribution in [0, 0.1) is 0 Å². The number of nitrogens with zero attached hydrogens (tertiary/aromatic N) is 1. The first-order valence-corrected chi connectivity index (χ1v) is 8.67. The Morgan fingerprint density at radius 1 is 1.11 bits per heavy atom. The maximum Gasteiger partial charge on any atom is 0.419 e. The van der Waals surface area contributed by atoms with Crippen molar-refractivity contribution in [3.63, 3.8) is 0 Å². The molecule has 0 bridgehead atoms. The molecule has 1 aliphatic rings. The summed E-state index contributed by atoms with van der Waals surface area (Å²) in [7, 11) is 1.74. The van der Waals surface area contributed by atoms with Crippen LogP contribution in [-0.2, 0) is 17.5 Å². The van der Waals surface area contributed by atoms with Crippen molar-refractivity contribution in [1.29, 1.82) is 0 Å². The highest BCUT2D eigenvalue weighted by Gasteiger charge is 2.37. The average molecular weight is 383 g/mol. The minimum absolute atomic E-state index is 0.216. The number of halogens is 4. The van der Waals surface area contributed by atoms with Gasteiger partial charge in [-0.25, -0.2) is 4.39 Å². The smallest absolute Gasteiger partial charge is 0.419 e. The highest BCUT2D eigenvalue weighted by molar-refractivity contribution is 5.38. The zero-order valence-corrected chi connectivity index (χ0v) is 14.9. The van der Waals surface area contributed by atoms with Crippen LogP contribution in [0.1, 0.15) is 22.8 Å². The fourth-order valence-corrected chi connectivity index (χ4v) is 3.20. The van der Waals surface area contributed by atoms with Gasteiger partial charge in [-0.2, -0.15) is 13.2 Å². The molecule has 0 unspecified atom stereocenters. The van der Waals surface area contributed by atoms with E-state index in [9.17, 15) is 17.6 Å². The average Bonchev–Trinajstić information content (AvgIpc) is 2.63. The molecule has 1 heterocycles. The number of benzene rings is 2. The number of likely N-dealkylation sites (N-methyl/N-ethyl adjacent to an activating group) is 1. The number of ether oxygens (including phenoxy) is 2. The molecule has 0 radical (unpaired) electrons. The number of hydrogen-bond acceptors (Lipinski definition) is 3. The van der Waals surface area contributed by atoms with Crippen LogP contribution in [0.3, 0.4) is 0 Å². The van der Waals surface area contributed by atoms with E-state index in [1.54, 1.807) is 11.9 Å². The standard InChI is InChI=1S/C20H21F4NO2/c1-25(11-10-21)12-18-19(15-7-3-2-6-14(15)13-26-18)27-17-9-5-4-8-16(17)20(22,23)24/h2-9,18-19H,10-13H2,1H3/t18-,19-/m0/s1. The first-order chi connectivity index (χ1) is 12.9. The van der Waals surface area contributed by atoms with Crippen molar-refractivity contribution < 1.29 is 27.0 Å². The van der Waals surface area contributed by atoms with Gasteiger partial charge in [-0.05, 0) is 24.7 Å². The van der Waals surface area contributed by atoms with E-state index in [1.165, 1.54) is 18.2 Å². The Morgan fingerprint density at radius 3 is 2.56 bits per heavy atom. The zero-order valence-electron chi connectivity index (χ0n) is 14.9. The van der Waals surface area contributed by atoms with Gasteiger partial charge >= 0.3 is 6.18 Å². The van der Waals surface area contributed by atoms with Gasteiger partial charge in [0.05, 0.1) is 12.2 Å². The molecule has 0 N–H and O–H groups in total. The SMILES string of the molecule is CN(CCF)C[C@@H]1OCc2ccccc2[C@@H]1Oc1ccccc1C(F)(F)F. The molecule has 2 atom stereocenters. The summed E-state index contributed by atoms with van der Waals surface area (Å²) in [5.41, 5.74) is 0.833. The first-order valence-electron chi connectivity index (χ1n) is 8.67. The zero-order chi connectivity index (χ0) is 19.4. The van der Waals surface area contributed by atoms with Gasteiger partial charge in [-0.1, -0.05) is 36.4 Å². The number of para-hydroxylation sites is 1. The minimum atomic E-state index is -4.52. The molecule has 2 aromatic rings. The van der Waals surface area contributed by atoms with Gasteiger partial charge in [0.1, 0.15) is 18.5 Å². The van der Waals surface area contributed by atoms with Gasteiger partial charge in [0, 0.05) is 18.7 Å². The predicted octanol–water partition coefficient (Wildman–Crippen LogP) is 4.63. The van der Waals surface area contributed by atoms with Crippen molar-refractivity contribution in [2.75, 3.05) is 26.8 Å². The minimum Gasteiger partial charge on any atom is -0.482 e. The van der Waals surface area contributed by atoms with Crippen molar-refractivity contribution in [3.05, 3.63) is 65.2 Å². The molecule has 0 aromatic heterocycles. The number of hydrogen-bond donors (Lipinski definition) is 0. The Bertz CT molecular complexity index is 766. The van der Waals surface area contributed by atoms with Crippen LogP contribution in [0.4, 0.5) is 17.6 Å². The monoisotopic (exact) mass is 383 g/mol. The van der Waals surface area contributed by atoms with Crippen molar-refractivity contribution >= 4 is 0 Å². The maximum atomic E-state index is 13.3. The summed E-state index contributed by atoms with van der Waals surface area (Å²) in [5.74, 6) is -0.242. The van der Waals surface area contributed by atoms with Gasteiger partial charge in [-0.15, -0.1) is 0 Å². The summed E-state index contributed by atoms with van der Waals surface area (Å²) < 4.78 is 64.4. The van der Waals surface area contributed by atoms with Crippen LogP contribution < -0.4 is 4.74 Å². The third-order valence-corrected chi connectivity index (χ3v) is 4.56. The van der Waals surface area contributed by atoms with E-state index < -0.39 is 30.6 Å². The quantitative estimate of drug-likeness (QED) is 0.679. The second-order valence-electron chi connectivity index (χ2n) is 6.53. The van der Waals surface area contributed by atoms with E-state index in [4.69, 9.17) is 9.47 Å². The third kappa shape index (κ3) is 4.59. The summed E-state index contributed by atoms with van der Waals surface area (Å²) in [6.45, 7) is 0.387. The highest BCUT2D eigenvalue weighted by Crippen LogP contribution is 2.40. The Kier molecular flexibility index (Phi) is 6.01. The first kappa shape index (κ1) is 19.6. The Balaban J connectivity index is 1.93.